The lowest BCUT2D eigenvalue weighted by atomic mass is 9.77. The summed E-state index contributed by atoms with van der Waals surface area (Å²) in [4.78, 5) is 30.0. The van der Waals surface area contributed by atoms with Gasteiger partial charge in [-0.05, 0) is 23.1 Å². The first-order valence-corrected chi connectivity index (χ1v) is 11.6. The number of benzene rings is 3. The van der Waals surface area contributed by atoms with Gasteiger partial charge in [0, 0.05) is 12.7 Å². The zero-order valence-corrected chi connectivity index (χ0v) is 19.1. The van der Waals surface area contributed by atoms with Crippen LogP contribution in [0.25, 0.3) is 0 Å². The van der Waals surface area contributed by atoms with Gasteiger partial charge < -0.3 is 19.9 Å². The predicted molar refractivity (Wildman–Crippen MR) is 132 cm³/mol. The van der Waals surface area contributed by atoms with E-state index >= 15 is 0 Å². The average Bonchev–Trinajstić information content (AvgIpc) is 3.49. The van der Waals surface area contributed by atoms with Crippen LogP contribution in [0, 0.1) is 0 Å². The molecule has 1 aliphatic heterocycles. The molecule has 1 unspecified atom stereocenters. The molecule has 4 aromatic rings. The quantitative estimate of drug-likeness (QED) is 0.402. The van der Waals surface area contributed by atoms with Crippen molar-refractivity contribution in [3.8, 4) is 0 Å². The lowest BCUT2D eigenvalue weighted by molar-refractivity contribution is -0.129. The second-order valence-electron chi connectivity index (χ2n) is 8.63. The Kier molecular flexibility index (Phi) is 6.06. The van der Waals surface area contributed by atoms with Crippen LogP contribution in [0.4, 0.5) is 4.79 Å². The summed E-state index contributed by atoms with van der Waals surface area (Å²) >= 11 is 0. The maximum absolute atomic E-state index is 12.7. The first kappa shape index (κ1) is 22.4. The van der Waals surface area contributed by atoms with Gasteiger partial charge in [-0.15, -0.1) is 0 Å². The highest BCUT2D eigenvalue weighted by Crippen LogP contribution is 2.40. The topological polar surface area (TPSA) is 87.5 Å². The van der Waals surface area contributed by atoms with Gasteiger partial charge in [0.2, 0.25) is 5.91 Å². The predicted octanol–water partition coefficient (Wildman–Crippen LogP) is 4.09. The number of nitrogens with zero attached hydrogens (tertiary/aromatic N) is 3. The van der Waals surface area contributed by atoms with E-state index in [0.29, 0.717) is 19.5 Å². The third kappa shape index (κ3) is 4.17. The maximum atomic E-state index is 12.7. The summed E-state index contributed by atoms with van der Waals surface area (Å²) in [5, 5.41) is 11.3. The summed E-state index contributed by atoms with van der Waals surface area (Å²) in [5.74, 6) is -0.220. The molecule has 2 amide bonds. The third-order valence-corrected chi connectivity index (χ3v) is 6.55. The van der Waals surface area contributed by atoms with Gasteiger partial charge in [-0.25, -0.2) is 9.78 Å². The molecule has 2 N–H and O–H groups in total. The molecule has 0 spiro atoms. The van der Waals surface area contributed by atoms with Crippen molar-refractivity contribution in [2.24, 2.45) is 0 Å². The molecular formula is C28H26N4O3. The van der Waals surface area contributed by atoms with E-state index in [0.717, 1.165) is 22.4 Å². The van der Waals surface area contributed by atoms with Crippen molar-refractivity contribution in [1.29, 1.82) is 0 Å². The van der Waals surface area contributed by atoms with E-state index in [1.807, 2.05) is 67.1 Å². The van der Waals surface area contributed by atoms with Gasteiger partial charge >= 0.3 is 6.09 Å². The highest BCUT2D eigenvalue weighted by Gasteiger charge is 2.39. The van der Waals surface area contributed by atoms with E-state index in [9.17, 15) is 9.59 Å². The number of rotatable bonds is 7. The number of hydrogen-bond acceptors (Lipinski definition) is 3. The molecule has 2 heterocycles. The molecule has 5 rings (SSSR count). The molecular weight excluding hydrogens is 440 g/mol. The van der Waals surface area contributed by atoms with E-state index in [1.165, 1.54) is 0 Å². The highest BCUT2D eigenvalue weighted by atomic mass is 16.4. The van der Waals surface area contributed by atoms with Crippen LogP contribution in [0.15, 0.2) is 104 Å². The Bertz CT molecular complexity index is 1210. The minimum atomic E-state index is -1.19. The standard InChI is InChI=1S/C28H26N4O3/c33-26-25(30-27(34)35)16-17-31(26)18-24-19-32(20-29-24)28(21-10-4-1-5-11-21,22-12-6-2-7-13-22)23-14-8-3-9-15-23/h1-15,19-20,25,30H,16-18H2,(H,34,35). The SMILES string of the molecule is O=C(O)NC1CCN(Cc2cn(C(c3ccccc3)(c3ccccc3)c3ccccc3)cn2)C1=O. The van der Waals surface area contributed by atoms with E-state index in [2.05, 4.69) is 51.3 Å². The zero-order chi connectivity index (χ0) is 24.3. The van der Waals surface area contributed by atoms with Crippen molar-refractivity contribution in [1.82, 2.24) is 19.8 Å². The van der Waals surface area contributed by atoms with Crippen molar-refractivity contribution in [3.63, 3.8) is 0 Å². The minimum Gasteiger partial charge on any atom is -0.465 e. The number of aromatic nitrogens is 2. The number of carboxylic acid groups (broad SMARTS) is 1. The fraction of sp³-hybridized carbons (Fsp3) is 0.179. The Morgan fingerprint density at radius 3 is 1.91 bits per heavy atom. The van der Waals surface area contributed by atoms with Gasteiger partial charge in [0.25, 0.3) is 0 Å². The molecule has 7 nitrogen and oxygen atoms in total. The molecule has 1 aliphatic rings. The highest BCUT2D eigenvalue weighted by molar-refractivity contribution is 5.87. The maximum Gasteiger partial charge on any atom is 0.405 e. The molecule has 7 heteroatoms. The molecule has 0 radical (unpaired) electrons. The largest absolute Gasteiger partial charge is 0.465 e. The van der Waals surface area contributed by atoms with Gasteiger partial charge in [0.1, 0.15) is 11.6 Å². The number of imidazole rings is 1. The molecule has 1 fully saturated rings. The number of carbonyl (C=O) groups excluding carboxylic acids is 1. The van der Waals surface area contributed by atoms with Gasteiger partial charge in [0.05, 0.1) is 18.6 Å². The molecule has 1 saturated heterocycles. The Balaban J connectivity index is 1.58. The summed E-state index contributed by atoms with van der Waals surface area (Å²) in [7, 11) is 0. The van der Waals surface area contributed by atoms with Gasteiger partial charge in [-0.1, -0.05) is 91.0 Å². The van der Waals surface area contributed by atoms with E-state index < -0.39 is 17.7 Å². The number of hydrogen-bond donors (Lipinski definition) is 2. The fourth-order valence-electron chi connectivity index (χ4n) is 4.99. The first-order chi connectivity index (χ1) is 17.1. The molecule has 3 aromatic carbocycles. The van der Waals surface area contributed by atoms with Crippen molar-refractivity contribution >= 4 is 12.0 Å². The first-order valence-electron chi connectivity index (χ1n) is 11.6. The number of amides is 2. The second kappa shape index (κ2) is 9.46. The summed E-state index contributed by atoms with van der Waals surface area (Å²) in [6, 6.07) is 30.2. The molecule has 35 heavy (non-hydrogen) atoms. The fourth-order valence-corrected chi connectivity index (χ4v) is 4.99. The molecule has 0 saturated carbocycles. The molecule has 176 valence electrons. The summed E-state index contributed by atoms with van der Waals surface area (Å²) in [6.45, 7) is 0.802. The van der Waals surface area contributed by atoms with Crippen molar-refractivity contribution in [2.45, 2.75) is 24.5 Å². The van der Waals surface area contributed by atoms with Gasteiger partial charge in [-0.3, -0.25) is 4.79 Å². The van der Waals surface area contributed by atoms with Crippen LogP contribution in [-0.4, -0.2) is 44.1 Å². The monoisotopic (exact) mass is 466 g/mol. The smallest absolute Gasteiger partial charge is 0.405 e. The summed E-state index contributed by atoms with van der Waals surface area (Å²) < 4.78 is 2.11. The van der Waals surface area contributed by atoms with E-state index in [4.69, 9.17) is 5.11 Å². The van der Waals surface area contributed by atoms with Crippen molar-refractivity contribution in [3.05, 3.63) is 126 Å². The molecule has 0 aliphatic carbocycles. The zero-order valence-electron chi connectivity index (χ0n) is 19.1. The molecule has 1 atom stereocenters. The number of carbonyl (C=O) groups is 2. The summed E-state index contributed by atoms with van der Waals surface area (Å²) in [6.07, 6.45) is 3.06. The Morgan fingerprint density at radius 2 is 1.43 bits per heavy atom. The minimum absolute atomic E-state index is 0.220. The number of nitrogens with one attached hydrogen (secondary N) is 1. The van der Waals surface area contributed by atoms with Crippen LogP contribution in [0.2, 0.25) is 0 Å². The van der Waals surface area contributed by atoms with Gasteiger partial charge in [0.15, 0.2) is 0 Å². The Morgan fingerprint density at radius 1 is 0.914 bits per heavy atom. The van der Waals surface area contributed by atoms with Crippen LogP contribution in [0.1, 0.15) is 28.8 Å². The van der Waals surface area contributed by atoms with E-state index in [-0.39, 0.29) is 5.91 Å². The number of likely N-dealkylation sites (tertiary alicyclic amines) is 1. The van der Waals surface area contributed by atoms with Crippen LogP contribution < -0.4 is 5.32 Å². The van der Waals surface area contributed by atoms with E-state index in [1.54, 1.807) is 4.90 Å². The normalized spacial score (nSPS) is 15.8. The Hall–Kier alpha value is -4.39. The summed E-state index contributed by atoms with van der Waals surface area (Å²) in [5.41, 5.74) is 3.33. The molecule has 0 bridgehead atoms. The Labute approximate surface area is 203 Å². The third-order valence-electron chi connectivity index (χ3n) is 6.55. The lowest BCUT2D eigenvalue weighted by Gasteiger charge is -2.37. The van der Waals surface area contributed by atoms with Crippen LogP contribution >= 0.6 is 0 Å². The van der Waals surface area contributed by atoms with Crippen LogP contribution in [-0.2, 0) is 16.9 Å². The van der Waals surface area contributed by atoms with Crippen LogP contribution in [0.5, 0.6) is 0 Å². The second-order valence-corrected chi connectivity index (χ2v) is 8.63. The van der Waals surface area contributed by atoms with Crippen LogP contribution in [0.3, 0.4) is 0 Å². The molecule has 1 aromatic heterocycles. The lowest BCUT2D eigenvalue weighted by Crippen LogP contribution is -2.40. The average molecular weight is 467 g/mol. The van der Waals surface area contributed by atoms with Gasteiger partial charge in [-0.2, -0.15) is 0 Å². The van der Waals surface area contributed by atoms with Crippen molar-refractivity contribution in [2.75, 3.05) is 6.54 Å². The van der Waals surface area contributed by atoms with Crippen molar-refractivity contribution < 1.29 is 14.7 Å².